The number of aliphatic carboxylic acids is 4. The molecular formula is C42H37N5O15S. The van der Waals surface area contributed by atoms with Gasteiger partial charge in [-0.3, -0.25) is 23.9 Å². The normalized spacial score (nSPS) is 11.2. The molecule has 63 heavy (non-hydrogen) atoms. The summed E-state index contributed by atoms with van der Waals surface area (Å²) in [6.07, 6.45) is 0. The van der Waals surface area contributed by atoms with E-state index in [2.05, 4.69) is 4.72 Å². The number of nitrogens with one attached hydrogen (secondary N) is 2. The first-order valence-corrected chi connectivity index (χ1v) is 20.0. The molecule has 0 bridgehead atoms. The van der Waals surface area contributed by atoms with Crippen LogP contribution in [0.2, 0.25) is 0 Å². The molecule has 326 valence electrons. The lowest BCUT2D eigenvalue weighted by Crippen LogP contribution is -2.35. The molecular weight excluding hydrogens is 847 g/mol. The zero-order valence-electron chi connectivity index (χ0n) is 32.7. The Morgan fingerprint density at radius 2 is 1.24 bits per heavy atom. The van der Waals surface area contributed by atoms with E-state index in [1.165, 1.54) is 60.7 Å². The van der Waals surface area contributed by atoms with Crippen LogP contribution in [0, 0.1) is 5.41 Å². The molecule has 0 aromatic heterocycles. The Morgan fingerprint density at radius 3 is 1.86 bits per heavy atom. The van der Waals surface area contributed by atoms with Gasteiger partial charge in [0.1, 0.15) is 56.7 Å². The molecule has 0 atom stereocenters. The number of aromatic carboxylic acids is 1. The summed E-state index contributed by atoms with van der Waals surface area (Å²) in [7, 11) is -4.76. The van der Waals surface area contributed by atoms with E-state index >= 15 is 0 Å². The van der Waals surface area contributed by atoms with Gasteiger partial charge in [-0.25, -0.2) is 13.2 Å². The van der Waals surface area contributed by atoms with E-state index in [0.717, 1.165) is 15.9 Å². The maximum absolute atomic E-state index is 14.4. The van der Waals surface area contributed by atoms with E-state index in [4.69, 9.17) is 25.0 Å². The van der Waals surface area contributed by atoms with Crippen LogP contribution in [-0.4, -0.2) is 103 Å². The third-order valence-electron chi connectivity index (χ3n) is 9.23. The smallest absolute Gasteiger partial charge is 0.336 e. The van der Waals surface area contributed by atoms with Crippen LogP contribution in [-0.2, 0) is 29.2 Å². The Balaban J connectivity index is 1.39. The minimum atomic E-state index is -4.76. The number of para-hydroxylation sites is 2. The largest absolute Gasteiger partial charge is 0.488 e. The number of nitrogen functional groups attached to an aromatic ring is 1. The summed E-state index contributed by atoms with van der Waals surface area (Å²) in [5, 5.41) is 56.4. The lowest BCUT2D eigenvalue weighted by atomic mass is 9.90. The van der Waals surface area contributed by atoms with Crippen molar-refractivity contribution < 1.29 is 71.8 Å². The molecule has 2 aliphatic rings. The molecule has 1 heterocycles. The second kappa shape index (κ2) is 18.5. The van der Waals surface area contributed by atoms with Crippen LogP contribution in [0.3, 0.4) is 0 Å². The van der Waals surface area contributed by atoms with Crippen molar-refractivity contribution in [2.45, 2.75) is 4.90 Å². The highest BCUT2D eigenvalue weighted by Crippen LogP contribution is 2.44. The lowest BCUT2D eigenvalue weighted by Gasteiger charge is -2.25. The standard InChI is InChI=1S/C42H37N5O15S/c43-23-9-11-27-33(17-23)62-40-28(39(27)25-5-1-2-6-26(25)42(56)57)12-13-29(44)41(40)63(58,59)45-24-10-14-31(47(21-37(52)53)22-38(54)55)34(18-24)61-16-15-60-32-8-4-3-7-30(32)46(19-35(48)49)20-36(50)51/h1-14,17-18,43,45H,15-16,19-22,44H2,(H,48,49)(H,50,51)(H,52,53)(H,54,55)(H,56,57). The van der Waals surface area contributed by atoms with Crippen LogP contribution in [0.4, 0.5) is 22.7 Å². The summed E-state index contributed by atoms with van der Waals surface area (Å²) >= 11 is 0. The number of carboxylic acids is 5. The van der Waals surface area contributed by atoms with E-state index in [9.17, 15) is 57.9 Å². The van der Waals surface area contributed by atoms with Crippen LogP contribution >= 0.6 is 0 Å². The van der Waals surface area contributed by atoms with Crippen molar-refractivity contribution in [2.24, 2.45) is 0 Å². The molecule has 0 fully saturated rings. The summed E-state index contributed by atoms with van der Waals surface area (Å²) in [6.45, 7) is -3.58. The van der Waals surface area contributed by atoms with Gasteiger partial charge in [-0.15, -0.1) is 0 Å². The summed E-state index contributed by atoms with van der Waals surface area (Å²) in [4.78, 5) is 60.4. The first-order chi connectivity index (χ1) is 29.9. The number of benzene rings is 5. The zero-order chi connectivity index (χ0) is 45.6. The van der Waals surface area contributed by atoms with E-state index in [0.29, 0.717) is 11.1 Å². The number of nitrogens with two attached hydrogens (primary N) is 1. The fraction of sp³-hybridized carbons (Fsp3) is 0.143. The maximum Gasteiger partial charge on any atom is 0.336 e. The van der Waals surface area contributed by atoms with Crippen molar-refractivity contribution in [1.82, 2.24) is 0 Å². The Bertz CT molecular complexity index is 2890. The first-order valence-electron chi connectivity index (χ1n) is 18.5. The predicted octanol–water partition coefficient (Wildman–Crippen LogP) is 4.17. The van der Waals surface area contributed by atoms with Gasteiger partial charge in [-0.1, -0.05) is 30.3 Å². The van der Waals surface area contributed by atoms with Gasteiger partial charge in [-0.05, 0) is 60.2 Å². The van der Waals surface area contributed by atoms with Gasteiger partial charge >= 0.3 is 29.8 Å². The fourth-order valence-electron chi connectivity index (χ4n) is 6.81. The van der Waals surface area contributed by atoms with Gasteiger partial charge in [0.25, 0.3) is 10.0 Å². The van der Waals surface area contributed by atoms with Crippen molar-refractivity contribution in [3.8, 4) is 33.9 Å². The molecule has 1 aliphatic heterocycles. The number of carbonyl (C=O) groups is 5. The number of ether oxygens (including phenoxy) is 2. The van der Waals surface area contributed by atoms with Crippen molar-refractivity contribution >= 4 is 73.6 Å². The van der Waals surface area contributed by atoms with Gasteiger partial charge in [0.05, 0.1) is 33.7 Å². The first kappa shape index (κ1) is 44.2. The highest BCUT2D eigenvalue weighted by Gasteiger charge is 2.29. The van der Waals surface area contributed by atoms with E-state index in [1.807, 2.05) is 0 Å². The Labute approximate surface area is 356 Å². The lowest BCUT2D eigenvalue weighted by molar-refractivity contribution is -0.138. The topological polar surface area (TPSA) is 321 Å². The second-order valence-corrected chi connectivity index (χ2v) is 15.3. The van der Waals surface area contributed by atoms with E-state index in [1.54, 1.807) is 30.3 Å². The number of carboxylic acid groups (broad SMARTS) is 5. The molecule has 6 rings (SSSR count). The van der Waals surface area contributed by atoms with Gasteiger partial charge in [0.15, 0.2) is 10.5 Å². The summed E-state index contributed by atoms with van der Waals surface area (Å²) in [5.41, 5.74) is 6.47. The van der Waals surface area contributed by atoms with E-state index < -0.39 is 70.9 Å². The third kappa shape index (κ3) is 10.2. The summed E-state index contributed by atoms with van der Waals surface area (Å²) in [5.74, 6) is -6.72. The minimum absolute atomic E-state index is 0.00918. The van der Waals surface area contributed by atoms with Gasteiger partial charge in [0, 0.05) is 28.6 Å². The molecule has 0 unspecified atom stereocenters. The van der Waals surface area contributed by atoms with Gasteiger partial charge in [0.2, 0.25) is 0 Å². The van der Waals surface area contributed by atoms with Crippen LogP contribution in [0.1, 0.15) is 10.4 Å². The molecule has 4 aromatic rings. The molecule has 0 saturated carbocycles. The van der Waals surface area contributed by atoms with Crippen molar-refractivity contribution in [1.29, 1.82) is 5.41 Å². The molecule has 1 aliphatic carbocycles. The molecule has 0 radical (unpaired) electrons. The second-order valence-electron chi connectivity index (χ2n) is 13.6. The number of hydrogen-bond donors (Lipinski definition) is 8. The summed E-state index contributed by atoms with van der Waals surface area (Å²) in [6, 6.07) is 22.8. The SMILES string of the molecule is N=c1ccc2c(-c3ccccc3C(=O)O)c3ccc(N)c(S(=O)(=O)Nc4ccc(N(CC(=O)O)CC(=O)O)c(OCCOc5ccccc5N(CC(=O)O)CC(=O)O)c4)c3oc-2c1. The number of anilines is 4. The minimum Gasteiger partial charge on any atom is -0.488 e. The van der Waals surface area contributed by atoms with Crippen LogP contribution in [0.25, 0.3) is 33.4 Å². The molecule has 0 amide bonds. The molecule has 4 aromatic carbocycles. The van der Waals surface area contributed by atoms with Gasteiger partial charge < -0.3 is 60.4 Å². The number of hydrogen-bond acceptors (Lipinski definition) is 14. The van der Waals surface area contributed by atoms with Crippen LogP contribution in [0.5, 0.6) is 11.5 Å². The predicted molar refractivity (Wildman–Crippen MR) is 225 cm³/mol. The van der Waals surface area contributed by atoms with Crippen molar-refractivity contribution in [2.75, 3.05) is 59.6 Å². The molecule has 20 nitrogen and oxygen atoms in total. The highest BCUT2D eigenvalue weighted by molar-refractivity contribution is 7.93. The number of nitrogens with zero attached hydrogens (tertiary/aromatic N) is 2. The number of fused-ring (bicyclic) bond motifs is 2. The maximum atomic E-state index is 14.4. The Hall–Kier alpha value is -8.33. The Kier molecular flexibility index (Phi) is 13.0. The van der Waals surface area contributed by atoms with Crippen LogP contribution < -0.4 is 35.1 Å². The van der Waals surface area contributed by atoms with Crippen LogP contribution in [0.15, 0.2) is 106 Å². The number of rotatable bonds is 20. The number of sulfonamides is 1. The molecule has 0 spiro atoms. The highest BCUT2D eigenvalue weighted by atomic mass is 32.2. The zero-order valence-corrected chi connectivity index (χ0v) is 33.5. The molecule has 9 N–H and O–H groups in total. The molecule has 21 heteroatoms. The average molecular weight is 884 g/mol. The molecule has 0 saturated heterocycles. The summed E-state index contributed by atoms with van der Waals surface area (Å²) < 4.78 is 49.2. The monoisotopic (exact) mass is 883 g/mol. The Morgan fingerprint density at radius 1 is 0.667 bits per heavy atom. The quantitative estimate of drug-likeness (QED) is 0.0303. The third-order valence-corrected chi connectivity index (χ3v) is 10.7. The fourth-order valence-corrected chi connectivity index (χ4v) is 8.12. The van der Waals surface area contributed by atoms with E-state index in [-0.39, 0.29) is 80.7 Å². The average Bonchev–Trinajstić information content (AvgIpc) is 3.20. The van der Waals surface area contributed by atoms with Crippen molar-refractivity contribution in [3.63, 3.8) is 0 Å². The van der Waals surface area contributed by atoms with Gasteiger partial charge in [-0.2, -0.15) is 0 Å². The van der Waals surface area contributed by atoms with Crippen molar-refractivity contribution in [3.05, 3.63) is 108 Å².